The zero-order valence-electron chi connectivity index (χ0n) is 6.47. The normalized spacial score (nSPS) is 32.9. The van der Waals surface area contributed by atoms with Gasteiger partial charge in [-0.25, -0.2) is 4.79 Å². The first-order valence-corrected chi connectivity index (χ1v) is 4.05. The van der Waals surface area contributed by atoms with Crippen molar-refractivity contribution in [2.24, 2.45) is 11.8 Å². The Morgan fingerprint density at radius 3 is 2.70 bits per heavy atom. The third-order valence-electron chi connectivity index (χ3n) is 2.46. The van der Waals surface area contributed by atoms with Crippen molar-refractivity contribution < 1.29 is 4.79 Å². The number of carbonyl (C=O) groups excluding carboxylic acids is 1. The summed E-state index contributed by atoms with van der Waals surface area (Å²) in [4.78, 5) is 10.0. The molecular formula is C9H14O. The molecule has 1 aliphatic carbocycles. The summed E-state index contributed by atoms with van der Waals surface area (Å²) in [6, 6.07) is 0. The van der Waals surface area contributed by atoms with Crippen LogP contribution in [0.2, 0.25) is 0 Å². The van der Waals surface area contributed by atoms with Crippen LogP contribution in [0.15, 0.2) is 6.08 Å². The van der Waals surface area contributed by atoms with Crippen LogP contribution in [0.25, 0.3) is 0 Å². The van der Waals surface area contributed by atoms with Crippen LogP contribution >= 0.6 is 0 Å². The van der Waals surface area contributed by atoms with Crippen LogP contribution in [-0.4, -0.2) is 5.94 Å². The van der Waals surface area contributed by atoms with Gasteiger partial charge in [-0.2, -0.15) is 0 Å². The molecule has 0 heterocycles. The minimum atomic E-state index is 0.520. The maximum atomic E-state index is 10.0. The fraction of sp³-hybridized carbons (Fsp3) is 0.778. The van der Waals surface area contributed by atoms with Gasteiger partial charge in [0.05, 0.1) is 0 Å². The van der Waals surface area contributed by atoms with Crippen molar-refractivity contribution in [1.82, 2.24) is 0 Å². The summed E-state index contributed by atoms with van der Waals surface area (Å²) in [6.07, 6.45) is 6.79. The monoisotopic (exact) mass is 138 g/mol. The highest BCUT2D eigenvalue weighted by atomic mass is 16.1. The van der Waals surface area contributed by atoms with Gasteiger partial charge in [0.15, 0.2) is 0 Å². The van der Waals surface area contributed by atoms with E-state index in [1.807, 2.05) is 5.94 Å². The lowest BCUT2D eigenvalue weighted by atomic mass is 9.81. The molecule has 0 radical (unpaired) electrons. The minimum Gasteiger partial charge on any atom is -0.234 e. The number of hydrogen-bond donors (Lipinski definition) is 0. The van der Waals surface area contributed by atoms with E-state index in [9.17, 15) is 4.79 Å². The maximum absolute atomic E-state index is 10.0. The van der Waals surface area contributed by atoms with Crippen LogP contribution in [-0.2, 0) is 4.79 Å². The molecule has 0 saturated heterocycles. The summed E-state index contributed by atoms with van der Waals surface area (Å²) in [7, 11) is 0. The van der Waals surface area contributed by atoms with Crippen molar-refractivity contribution in [1.29, 1.82) is 0 Å². The molecule has 2 atom stereocenters. The van der Waals surface area contributed by atoms with Gasteiger partial charge in [-0.05, 0) is 18.3 Å². The lowest BCUT2D eigenvalue weighted by Crippen LogP contribution is -2.14. The molecule has 0 aromatic carbocycles. The van der Waals surface area contributed by atoms with Gasteiger partial charge in [0.25, 0.3) is 0 Å². The summed E-state index contributed by atoms with van der Waals surface area (Å²) in [5, 5.41) is 0. The summed E-state index contributed by atoms with van der Waals surface area (Å²) < 4.78 is 0. The van der Waals surface area contributed by atoms with Crippen molar-refractivity contribution in [2.45, 2.75) is 32.6 Å². The van der Waals surface area contributed by atoms with E-state index < -0.39 is 0 Å². The largest absolute Gasteiger partial charge is 0.234 e. The third-order valence-corrected chi connectivity index (χ3v) is 2.46. The molecule has 1 heteroatoms. The Balaban J connectivity index is 2.47. The molecule has 0 spiro atoms. The first-order chi connectivity index (χ1) is 4.84. The second-order valence-corrected chi connectivity index (χ2v) is 3.21. The molecule has 0 bridgehead atoms. The van der Waals surface area contributed by atoms with E-state index in [2.05, 4.69) is 6.92 Å². The molecule has 1 fully saturated rings. The second kappa shape index (κ2) is 3.58. The first-order valence-electron chi connectivity index (χ1n) is 4.05. The Morgan fingerprint density at radius 1 is 1.40 bits per heavy atom. The van der Waals surface area contributed by atoms with Crippen molar-refractivity contribution in [3.8, 4) is 0 Å². The van der Waals surface area contributed by atoms with Gasteiger partial charge < -0.3 is 0 Å². The second-order valence-electron chi connectivity index (χ2n) is 3.21. The first kappa shape index (κ1) is 7.56. The molecule has 56 valence electrons. The molecule has 1 saturated carbocycles. The van der Waals surface area contributed by atoms with Gasteiger partial charge in [0.1, 0.15) is 5.94 Å². The summed E-state index contributed by atoms with van der Waals surface area (Å²) in [5.41, 5.74) is 0. The van der Waals surface area contributed by atoms with Crippen LogP contribution in [0.3, 0.4) is 0 Å². The van der Waals surface area contributed by atoms with Gasteiger partial charge in [-0.15, -0.1) is 0 Å². The lowest BCUT2D eigenvalue weighted by Gasteiger charge is -2.24. The standard InChI is InChI=1S/C9H14O/c1-8-4-2-3-5-9(8)6-7-10/h6,8-9H,2-5H2,1H3. The highest BCUT2D eigenvalue weighted by molar-refractivity contribution is 5.45. The predicted octanol–water partition coefficient (Wildman–Crippen LogP) is 2.20. The third kappa shape index (κ3) is 1.71. The molecule has 0 aliphatic heterocycles. The molecule has 2 unspecified atom stereocenters. The van der Waals surface area contributed by atoms with E-state index in [0.717, 1.165) is 0 Å². The van der Waals surface area contributed by atoms with Crippen LogP contribution < -0.4 is 0 Å². The zero-order chi connectivity index (χ0) is 7.40. The predicted molar refractivity (Wildman–Crippen MR) is 41.4 cm³/mol. The van der Waals surface area contributed by atoms with E-state index >= 15 is 0 Å². The average Bonchev–Trinajstić information content (AvgIpc) is 1.94. The van der Waals surface area contributed by atoms with E-state index in [1.165, 1.54) is 25.7 Å². The Bertz CT molecular complexity index is 145. The molecule has 1 nitrogen and oxygen atoms in total. The summed E-state index contributed by atoms with van der Waals surface area (Å²) in [6.45, 7) is 2.22. The molecule has 1 rings (SSSR count). The quantitative estimate of drug-likeness (QED) is 0.508. The molecule has 1 aliphatic rings. The maximum Gasteiger partial charge on any atom is 0.120 e. The van der Waals surface area contributed by atoms with Crippen LogP contribution in [0, 0.1) is 11.8 Å². The van der Waals surface area contributed by atoms with E-state index in [4.69, 9.17) is 0 Å². The van der Waals surface area contributed by atoms with Crippen LogP contribution in [0.4, 0.5) is 0 Å². The van der Waals surface area contributed by atoms with E-state index in [-0.39, 0.29) is 0 Å². The smallest absolute Gasteiger partial charge is 0.120 e. The Kier molecular flexibility index (Phi) is 2.70. The summed E-state index contributed by atoms with van der Waals surface area (Å²) in [5.74, 6) is 3.12. The van der Waals surface area contributed by atoms with Crippen molar-refractivity contribution in [3.63, 3.8) is 0 Å². The van der Waals surface area contributed by atoms with Gasteiger partial charge in [0.2, 0.25) is 0 Å². The number of allylic oxidation sites excluding steroid dienone is 1. The Hall–Kier alpha value is -0.550. The summed E-state index contributed by atoms with van der Waals surface area (Å²) >= 11 is 0. The van der Waals surface area contributed by atoms with Gasteiger partial charge in [-0.3, -0.25) is 0 Å². The fourth-order valence-corrected chi connectivity index (χ4v) is 1.68. The Labute approximate surface area is 62.1 Å². The van der Waals surface area contributed by atoms with E-state index in [1.54, 1.807) is 6.08 Å². The van der Waals surface area contributed by atoms with Gasteiger partial charge in [-0.1, -0.05) is 26.2 Å². The van der Waals surface area contributed by atoms with Crippen molar-refractivity contribution >= 4 is 5.94 Å². The van der Waals surface area contributed by atoms with E-state index in [0.29, 0.717) is 11.8 Å². The molecule has 0 amide bonds. The van der Waals surface area contributed by atoms with Crippen LogP contribution in [0.1, 0.15) is 32.6 Å². The van der Waals surface area contributed by atoms with Crippen molar-refractivity contribution in [3.05, 3.63) is 6.08 Å². The van der Waals surface area contributed by atoms with Crippen molar-refractivity contribution in [2.75, 3.05) is 0 Å². The Morgan fingerprint density at radius 2 is 2.10 bits per heavy atom. The number of hydrogen-bond acceptors (Lipinski definition) is 1. The molecular weight excluding hydrogens is 124 g/mol. The highest BCUT2D eigenvalue weighted by Gasteiger charge is 2.18. The minimum absolute atomic E-state index is 0.520. The molecule has 0 N–H and O–H groups in total. The van der Waals surface area contributed by atoms with Gasteiger partial charge in [0, 0.05) is 6.08 Å². The lowest BCUT2D eigenvalue weighted by molar-refractivity contribution is 0.307. The molecule has 0 aromatic heterocycles. The topological polar surface area (TPSA) is 17.1 Å². The van der Waals surface area contributed by atoms with Crippen LogP contribution in [0.5, 0.6) is 0 Å². The van der Waals surface area contributed by atoms with Gasteiger partial charge >= 0.3 is 0 Å². The SMILES string of the molecule is CC1CCCCC1C=C=O. The zero-order valence-corrected chi connectivity index (χ0v) is 6.47. The fourth-order valence-electron chi connectivity index (χ4n) is 1.68. The average molecular weight is 138 g/mol. The highest BCUT2D eigenvalue weighted by Crippen LogP contribution is 2.29. The number of rotatable bonds is 1. The molecule has 10 heavy (non-hydrogen) atoms. The molecule has 0 aromatic rings.